The minimum absolute atomic E-state index is 0.00835. The summed E-state index contributed by atoms with van der Waals surface area (Å²) in [4.78, 5) is 37.1. The number of carbonyl (C=O) groups excluding carboxylic acids is 1. The van der Waals surface area contributed by atoms with E-state index < -0.39 is 34.8 Å². The zero-order chi connectivity index (χ0) is 28.1. The summed E-state index contributed by atoms with van der Waals surface area (Å²) in [5.41, 5.74) is -0.342. The summed E-state index contributed by atoms with van der Waals surface area (Å²) in [5.74, 6) is -1.39. The van der Waals surface area contributed by atoms with Crippen LogP contribution in [-0.2, 0) is 19.1 Å². The van der Waals surface area contributed by atoms with Gasteiger partial charge in [-0.05, 0) is 117 Å². The lowest BCUT2D eigenvalue weighted by atomic mass is 9.33. The molecule has 2 N–H and O–H groups in total. The molecule has 5 aliphatic rings. The Labute approximate surface area is 228 Å². The number of hydrogen-bond acceptors (Lipinski definition) is 4. The van der Waals surface area contributed by atoms with Crippen LogP contribution in [0.15, 0.2) is 11.6 Å². The van der Waals surface area contributed by atoms with Crippen molar-refractivity contribution < 1.29 is 29.3 Å². The normalized spacial score (nSPS) is 51.8. The Bertz CT molecular complexity index is 1100. The van der Waals surface area contributed by atoms with Gasteiger partial charge in [0.15, 0.2) is 0 Å². The summed E-state index contributed by atoms with van der Waals surface area (Å²) in [6.45, 7) is 14.8. The van der Waals surface area contributed by atoms with Crippen LogP contribution in [0, 0.1) is 50.2 Å². The van der Waals surface area contributed by atoms with E-state index in [1.807, 2.05) is 13.8 Å². The number of aliphatic carboxylic acids is 2. The maximum atomic E-state index is 12.9. The SMILES string of the molecule is CC(=O)OC1CCC2(C)C(CCC3(C)C2CC=C2C4CC(C)(C(=O)O)CCC4(C)CCC23C)C1(C)C(=O)O. The van der Waals surface area contributed by atoms with Crippen molar-refractivity contribution in [2.24, 2.45) is 50.2 Å². The second kappa shape index (κ2) is 8.33. The fraction of sp³-hybridized carbons (Fsp3) is 0.844. The molecule has 6 heteroatoms. The van der Waals surface area contributed by atoms with Gasteiger partial charge in [-0.1, -0.05) is 39.3 Å². The lowest BCUT2D eigenvalue weighted by Gasteiger charge is -2.71. The van der Waals surface area contributed by atoms with E-state index in [4.69, 9.17) is 4.74 Å². The minimum Gasteiger partial charge on any atom is -0.481 e. The molecule has 10 unspecified atom stereocenters. The topological polar surface area (TPSA) is 101 Å². The van der Waals surface area contributed by atoms with Crippen molar-refractivity contribution in [2.75, 3.05) is 0 Å². The van der Waals surface area contributed by atoms with Crippen LogP contribution in [0.1, 0.15) is 113 Å². The highest BCUT2D eigenvalue weighted by atomic mass is 16.5. The van der Waals surface area contributed by atoms with E-state index in [-0.39, 0.29) is 33.5 Å². The molecule has 5 rings (SSSR count). The third kappa shape index (κ3) is 3.39. The van der Waals surface area contributed by atoms with Gasteiger partial charge in [-0.3, -0.25) is 14.4 Å². The summed E-state index contributed by atoms with van der Waals surface area (Å²) in [6.07, 6.45) is 10.6. The fourth-order valence-corrected chi connectivity index (χ4v) is 10.9. The second-order valence-electron chi connectivity index (χ2n) is 15.3. The van der Waals surface area contributed by atoms with E-state index in [2.05, 4.69) is 33.8 Å². The molecule has 0 bridgehead atoms. The Morgan fingerprint density at radius 2 is 1.50 bits per heavy atom. The monoisotopic (exact) mass is 528 g/mol. The molecule has 0 amide bonds. The lowest BCUT2D eigenvalue weighted by Crippen LogP contribution is -2.66. The maximum Gasteiger partial charge on any atom is 0.313 e. The zero-order valence-corrected chi connectivity index (χ0v) is 24.5. The molecule has 4 saturated carbocycles. The van der Waals surface area contributed by atoms with Gasteiger partial charge in [0.1, 0.15) is 11.5 Å². The first-order chi connectivity index (χ1) is 17.5. The molecule has 0 radical (unpaired) electrons. The van der Waals surface area contributed by atoms with Crippen LogP contribution in [0.5, 0.6) is 0 Å². The minimum atomic E-state index is -1.11. The summed E-state index contributed by atoms with van der Waals surface area (Å²) < 4.78 is 5.66. The average Bonchev–Trinajstić information content (AvgIpc) is 2.82. The van der Waals surface area contributed by atoms with E-state index in [0.29, 0.717) is 18.8 Å². The molecule has 6 nitrogen and oxygen atoms in total. The first kappa shape index (κ1) is 27.7. The van der Waals surface area contributed by atoms with Gasteiger partial charge in [-0.25, -0.2) is 0 Å². The van der Waals surface area contributed by atoms with Crippen molar-refractivity contribution in [2.45, 2.75) is 119 Å². The van der Waals surface area contributed by atoms with Gasteiger partial charge in [0.25, 0.3) is 0 Å². The number of carbonyl (C=O) groups is 3. The van der Waals surface area contributed by atoms with Gasteiger partial charge in [0.05, 0.1) is 5.41 Å². The summed E-state index contributed by atoms with van der Waals surface area (Å²) >= 11 is 0. The molecular formula is C32H48O6. The van der Waals surface area contributed by atoms with E-state index in [1.54, 1.807) is 0 Å². The number of fused-ring (bicyclic) bond motifs is 7. The summed E-state index contributed by atoms with van der Waals surface area (Å²) in [7, 11) is 0. The van der Waals surface area contributed by atoms with Crippen LogP contribution >= 0.6 is 0 Å². The van der Waals surface area contributed by atoms with Crippen molar-refractivity contribution in [1.29, 1.82) is 0 Å². The van der Waals surface area contributed by atoms with E-state index in [1.165, 1.54) is 12.5 Å². The number of esters is 1. The van der Waals surface area contributed by atoms with Crippen molar-refractivity contribution in [3.63, 3.8) is 0 Å². The predicted octanol–water partition coefficient (Wildman–Crippen LogP) is 6.87. The number of ether oxygens (including phenoxy) is 1. The van der Waals surface area contributed by atoms with Crippen LogP contribution in [0.2, 0.25) is 0 Å². The quantitative estimate of drug-likeness (QED) is 0.306. The summed E-state index contributed by atoms with van der Waals surface area (Å²) in [5, 5.41) is 20.6. The Hall–Kier alpha value is -1.85. The Morgan fingerprint density at radius 3 is 2.11 bits per heavy atom. The molecule has 212 valence electrons. The van der Waals surface area contributed by atoms with Gasteiger partial charge in [0, 0.05) is 6.92 Å². The van der Waals surface area contributed by atoms with Crippen LogP contribution in [-0.4, -0.2) is 34.2 Å². The standard InChI is InChI=1S/C32H48O6/c1-19(33)38-24-11-12-29(4)22-9-8-20-21-18-28(3,25(34)35)15-14-27(21,2)16-17-30(20,5)31(22,6)13-10-23(29)32(24,7)26(36)37/h8,21-24H,9-18H2,1-7H3,(H,34,35)(H,36,37). The fourth-order valence-electron chi connectivity index (χ4n) is 10.9. The highest BCUT2D eigenvalue weighted by Crippen LogP contribution is 2.75. The predicted molar refractivity (Wildman–Crippen MR) is 144 cm³/mol. The second-order valence-corrected chi connectivity index (χ2v) is 15.3. The third-order valence-electron chi connectivity index (χ3n) is 13.7. The number of rotatable bonds is 3. The van der Waals surface area contributed by atoms with E-state index in [9.17, 15) is 24.6 Å². The Morgan fingerprint density at radius 1 is 0.842 bits per heavy atom. The molecule has 0 saturated heterocycles. The molecule has 0 aromatic heterocycles. The van der Waals surface area contributed by atoms with Crippen LogP contribution in [0.25, 0.3) is 0 Å². The zero-order valence-electron chi connectivity index (χ0n) is 24.5. The molecule has 0 aromatic carbocycles. The van der Waals surface area contributed by atoms with E-state index in [0.717, 1.165) is 51.4 Å². The molecule has 5 aliphatic carbocycles. The molecule has 0 aromatic rings. The Balaban J connectivity index is 1.56. The van der Waals surface area contributed by atoms with Gasteiger partial charge in [-0.15, -0.1) is 0 Å². The van der Waals surface area contributed by atoms with Crippen LogP contribution in [0.4, 0.5) is 0 Å². The van der Waals surface area contributed by atoms with Gasteiger partial charge < -0.3 is 14.9 Å². The smallest absolute Gasteiger partial charge is 0.313 e. The summed E-state index contributed by atoms with van der Waals surface area (Å²) in [6, 6.07) is 0. The average molecular weight is 529 g/mol. The lowest BCUT2D eigenvalue weighted by molar-refractivity contribution is -0.222. The largest absolute Gasteiger partial charge is 0.481 e. The molecule has 0 spiro atoms. The highest BCUT2D eigenvalue weighted by Gasteiger charge is 2.70. The Kier molecular flexibility index (Phi) is 6.07. The number of carboxylic acid groups (broad SMARTS) is 2. The van der Waals surface area contributed by atoms with Crippen LogP contribution < -0.4 is 0 Å². The number of allylic oxidation sites excluding steroid dienone is 2. The maximum absolute atomic E-state index is 12.9. The van der Waals surface area contributed by atoms with Gasteiger partial charge in [0.2, 0.25) is 0 Å². The molecule has 10 atom stereocenters. The van der Waals surface area contributed by atoms with Gasteiger partial charge >= 0.3 is 17.9 Å². The molecular weight excluding hydrogens is 480 g/mol. The first-order valence-electron chi connectivity index (χ1n) is 14.8. The molecule has 0 heterocycles. The van der Waals surface area contributed by atoms with E-state index >= 15 is 0 Å². The van der Waals surface area contributed by atoms with Crippen LogP contribution in [0.3, 0.4) is 0 Å². The van der Waals surface area contributed by atoms with Crippen molar-refractivity contribution in [1.82, 2.24) is 0 Å². The van der Waals surface area contributed by atoms with Gasteiger partial charge in [-0.2, -0.15) is 0 Å². The van der Waals surface area contributed by atoms with Crippen molar-refractivity contribution in [3.8, 4) is 0 Å². The number of carboxylic acids is 2. The third-order valence-corrected chi connectivity index (χ3v) is 13.7. The highest BCUT2D eigenvalue weighted by molar-refractivity contribution is 5.77. The van der Waals surface area contributed by atoms with Crippen molar-refractivity contribution in [3.05, 3.63) is 11.6 Å². The molecule has 0 aliphatic heterocycles. The molecule has 38 heavy (non-hydrogen) atoms. The number of hydrogen-bond donors (Lipinski definition) is 2. The van der Waals surface area contributed by atoms with Crippen molar-refractivity contribution >= 4 is 17.9 Å². The first-order valence-corrected chi connectivity index (χ1v) is 14.8. The molecule has 4 fully saturated rings.